The molecule has 3 nitrogen and oxygen atoms in total. The zero-order valence-corrected chi connectivity index (χ0v) is 14.1. The van der Waals surface area contributed by atoms with Crippen LogP contribution in [-0.2, 0) is 0 Å². The third-order valence-electron chi connectivity index (χ3n) is 4.47. The highest BCUT2D eigenvalue weighted by atomic mass is 15.2. The lowest BCUT2D eigenvalue weighted by molar-refractivity contribution is 0.576. The van der Waals surface area contributed by atoms with Crippen LogP contribution in [0.2, 0.25) is 0 Å². The number of piperidine rings is 1. The summed E-state index contributed by atoms with van der Waals surface area (Å²) in [5, 5.41) is 13.1. The van der Waals surface area contributed by atoms with Gasteiger partial charge in [0.1, 0.15) is 6.07 Å². The fourth-order valence-corrected chi connectivity index (χ4v) is 3.25. The van der Waals surface area contributed by atoms with Crippen molar-refractivity contribution in [2.75, 3.05) is 23.3 Å². The van der Waals surface area contributed by atoms with Crippen molar-refractivity contribution in [1.29, 1.82) is 5.26 Å². The zero-order valence-electron chi connectivity index (χ0n) is 14.1. The molecular formula is C19H29N3. The first kappa shape index (κ1) is 16.7. The van der Waals surface area contributed by atoms with Crippen LogP contribution in [0, 0.1) is 11.3 Å². The van der Waals surface area contributed by atoms with Crippen LogP contribution in [-0.4, -0.2) is 19.1 Å². The summed E-state index contributed by atoms with van der Waals surface area (Å²) in [4.78, 5) is 2.39. The molecule has 2 rings (SSSR count). The molecule has 1 saturated heterocycles. The van der Waals surface area contributed by atoms with E-state index in [1.807, 2.05) is 12.1 Å². The maximum absolute atomic E-state index is 9.48. The molecule has 3 heteroatoms. The molecule has 0 saturated carbocycles. The third-order valence-corrected chi connectivity index (χ3v) is 4.47. The molecule has 1 unspecified atom stereocenters. The Labute approximate surface area is 135 Å². The van der Waals surface area contributed by atoms with Gasteiger partial charge in [0.2, 0.25) is 0 Å². The average molecular weight is 299 g/mol. The first-order valence-electron chi connectivity index (χ1n) is 8.81. The lowest BCUT2D eigenvalue weighted by atomic mass is 10.0. The molecule has 0 aliphatic carbocycles. The molecule has 1 aliphatic rings. The SMILES string of the molecule is CCCCCC(C)Nc1cccc(C#N)c1N1CCCCC1. The Morgan fingerprint density at radius 1 is 1.23 bits per heavy atom. The number of nitrogens with zero attached hydrogens (tertiary/aromatic N) is 2. The van der Waals surface area contributed by atoms with E-state index in [4.69, 9.17) is 0 Å². The molecular weight excluding hydrogens is 270 g/mol. The minimum absolute atomic E-state index is 0.448. The monoisotopic (exact) mass is 299 g/mol. The number of benzene rings is 1. The lowest BCUT2D eigenvalue weighted by Gasteiger charge is -2.32. The molecule has 1 heterocycles. The zero-order chi connectivity index (χ0) is 15.8. The van der Waals surface area contributed by atoms with E-state index in [0.29, 0.717) is 6.04 Å². The van der Waals surface area contributed by atoms with Gasteiger partial charge in [0.25, 0.3) is 0 Å². The Hall–Kier alpha value is -1.69. The second kappa shape index (κ2) is 8.68. The minimum Gasteiger partial charge on any atom is -0.381 e. The number of hydrogen-bond acceptors (Lipinski definition) is 3. The van der Waals surface area contributed by atoms with Gasteiger partial charge in [0.15, 0.2) is 0 Å². The standard InChI is InChI=1S/C19H29N3/c1-3-4-6-10-16(2)21-18-12-9-11-17(15-20)19(18)22-13-7-5-8-14-22/h9,11-12,16,21H,3-8,10,13-14H2,1-2H3. The molecule has 120 valence electrons. The molecule has 1 N–H and O–H groups in total. The van der Waals surface area contributed by atoms with E-state index in [9.17, 15) is 5.26 Å². The van der Waals surface area contributed by atoms with Crippen LogP contribution in [0.25, 0.3) is 0 Å². The molecule has 0 amide bonds. The minimum atomic E-state index is 0.448. The van der Waals surface area contributed by atoms with E-state index in [0.717, 1.165) is 30.0 Å². The Bertz CT molecular complexity index is 498. The van der Waals surface area contributed by atoms with Gasteiger partial charge in [0, 0.05) is 19.1 Å². The van der Waals surface area contributed by atoms with Crippen LogP contribution < -0.4 is 10.2 Å². The summed E-state index contributed by atoms with van der Waals surface area (Å²) in [6, 6.07) is 8.89. The first-order chi connectivity index (χ1) is 10.8. The summed E-state index contributed by atoms with van der Waals surface area (Å²) in [5.41, 5.74) is 3.05. The van der Waals surface area contributed by atoms with Crippen molar-refractivity contribution in [3.05, 3.63) is 23.8 Å². The van der Waals surface area contributed by atoms with Gasteiger partial charge >= 0.3 is 0 Å². The van der Waals surface area contributed by atoms with Crippen molar-refractivity contribution >= 4 is 11.4 Å². The number of anilines is 2. The van der Waals surface area contributed by atoms with Crippen molar-refractivity contribution in [2.45, 2.75) is 64.8 Å². The molecule has 1 aromatic rings. The van der Waals surface area contributed by atoms with Gasteiger partial charge in [-0.25, -0.2) is 0 Å². The first-order valence-corrected chi connectivity index (χ1v) is 8.81. The van der Waals surface area contributed by atoms with Crippen LogP contribution >= 0.6 is 0 Å². The topological polar surface area (TPSA) is 39.1 Å². The van der Waals surface area contributed by atoms with Gasteiger partial charge in [-0.3, -0.25) is 0 Å². The number of para-hydroxylation sites is 1. The number of hydrogen-bond donors (Lipinski definition) is 1. The molecule has 1 atom stereocenters. The van der Waals surface area contributed by atoms with Crippen LogP contribution in [0.15, 0.2) is 18.2 Å². The molecule has 0 aromatic heterocycles. The summed E-state index contributed by atoms with van der Waals surface area (Å²) < 4.78 is 0. The molecule has 0 bridgehead atoms. The maximum Gasteiger partial charge on any atom is 0.101 e. The molecule has 1 fully saturated rings. The van der Waals surface area contributed by atoms with E-state index >= 15 is 0 Å². The summed E-state index contributed by atoms with van der Waals surface area (Å²) in [6.07, 6.45) is 8.77. The van der Waals surface area contributed by atoms with Crippen molar-refractivity contribution in [3.63, 3.8) is 0 Å². The summed E-state index contributed by atoms with van der Waals surface area (Å²) >= 11 is 0. The summed E-state index contributed by atoms with van der Waals surface area (Å²) in [7, 11) is 0. The van der Waals surface area contributed by atoms with Crippen molar-refractivity contribution < 1.29 is 0 Å². The highest BCUT2D eigenvalue weighted by Gasteiger charge is 2.19. The fraction of sp³-hybridized carbons (Fsp3) is 0.632. The highest BCUT2D eigenvalue weighted by Crippen LogP contribution is 2.32. The van der Waals surface area contributed by atoms with Gasteiger partial charge in [-0.15, -0.1) is 0 Å². The molecule has 0 spiro atoms. The van der Waals surface area contributed by atoms with Crippen molar-refractivity contribution in [3.8, 4) is 6.07 Å². The highest BCUT2D eigenvalue weighted by molar-refractivity contribution is 5.77. The van der Waals surface area contributed by atoms with E-state index in [1.165, 1.54) is 44.9 Å². The van der Waals surface area contributed by atoms with Crippen LogP contribution in [0.5, 0.6) is 0 Å². The second-order valence-electron chi connectivity index (χ2n) is 6.40. The van der Waals surface area contributed by atoms with E-state index in [2.05, 4.69) is 36.2 Å². The van der Waals surface area contributed by atoms with Crippen LogP contribution in [0.1, 0.15) is 64.4 Å². The van der Waals surface area contributed by atoms with E-state index in [1.54, 1.807) is 0 Å². The van der Waals surface area contributed by atoms with Gasteiger partial charge < -0.3 is 10.2 Å². The van der Waals surface area contributed by atoms with E-state index in [-0.39, 0.29) is 0 Å². The predicted octanol–water partition coefficient (Wildman–Crippen LogP) is 4.93. The predicted molar refractivity (Wildman–Crippen MR) is 94.4 cm³/mol. The number of rotatable bonds is 7. The Morgan fingerprint density at radius 3 is 2.68 bits per heavy atom. The second-order valence-corrected chi connectivity index (χ2v) is 6.40. The maximum atomic E-state index is 9.48. The lowest BCUT2D eigenvalue weighted by Crippen LogP contribution is -2.31. The van der Waals surface area contributed by atoms with Gasteiger partial charge in [-0.05, 0) is 44.7 Å². The van der Waals surface area contributed by atoms with Gasteiger partial charge in [-0.2, -0.15) is 5.26 Å². The summed E-state index contributed by atoms with van der Waals surface area (Å²) in [5.74, 6) is 0. The van der Waals surface area contributed by atoms with Gasteiger partial charge in [0.05, 0.1) is 16.9 Å². The molecule has 0 radical (unpaired) electrons. The largest absolute Gasteiger partial charge is 0.381 e. The van der Waals surface area contributed by atoms with Crippen molar-refractivity contribution in [1.82, 2.24) is 0 Å². The molecule has 1 aliphatic heterocycles. The number of nitrogens with one attached hydrogen (secondary N) is 1. The quantitative estimate of drug-likeness (QED) is 0.726. The average Bonchev–Trinajstić information content (AvgIpc) is 2.55. The van der Waals surface area contributed by atoms with Crippen molar-refractivity contribution in [2.24, 2.45) is 0 Å². The summed E-state index contributed by atoms with van der Waals surface area (Å²) in [6.45, 7) is 6.62. The smallest absolute Gasteiger partial charge is 0.101 e. The normalized spacial score (nSPS) is 16.1. The third kappa shape index (κ3) is 4.40. The van der Waals surface area contributed by atoms with Crippen LogP contribution in [0.4, 0.5) is 11.4 Å². The Kier molecular flexibility index (Phi) is 6.58. The number of unbranched alkanes of at least 4 members (excludes halogenated alkanes) is 2. The van der Waals surface area contributed by atoms with E-state index < -0.39 is 0 Å². The van der Waals surface area contributed by atoms with Crippen LogP contribution in [0.3, 0.4) is 0 Å². The molecule has 22 heavy (non-hydrogen) atoms. The number of nitriles is 1. The Balaban J connectivity index is 2.14. The fourth-order valence-electron chi connectivity index (χ4n) is 3.25. The van der Waals surface area contributed by atoms with Gasteiger partial charge in [-0.1, -0.05) is 32.3 Å². The Morgan fingerprint density at radius 2 is 2.00 bits per heavy atom. The molecule has 1 aromatic carbocycles.